The number of carbonyl (C=O) groups is 1. The normalized spacial score (nSPS) is 13.2. The smallest absolute Gasteiger partial charge is 0.220 e. The van der Waals surface area contributed by atoms with E-state index < -0.39 is 12.1 Å². The summed E-state index contributed by atoms with van der Waals surface area (Å²) in [4.78, 5) is 12.3. The fourth-order valence-electron chi connectivity index (χ4n) is 7.21. The number of rotatable bonds is 43. The number of aliphatic hydroxyl groups is 2. The largest absolute Gasteiger partial charge is 0.394 e. The number of hydrogen-bond acceptors (Lipinski definition) is 3. The molecule has 0 aromatic heterocycles. The Morgan fingerprint density at radius 1 is 0.434 bits per heavy atom. The molecule has 312 valence electrons. The fourth-order valence-corrected chi connectivity index (χ4v) is 7.21. The molecule has 0 saturated heterocycles. The number of carbonyl (C=O) groups excluding carboxylic acids is 1. The number of hydrogen-bond donors (Lipinski definition) is 3. The Morgan fingerprint density at radius 2 is 0.736 bits per heavy atom. The third kappa shape index (κ3) is 41.6. The van der Waals surface area contributed by atoms with E-state index in [1.807, 2.05) is 6.08 Å². The number of allylic oxidation sites excluding steroid dienone is 5. The van der Waals surface area contributed by atoms with Crippen molar-refractivity contribution >= 4 is 5.91 Å². The van der Waals surface area contributed by atoms with Crippen LogP contribution in [0, 0.1) is 0 Å². The average Bonchev–Trinajstić information content (AvgIpc) is 3.16. The maximum atomic E-state index is 12.3. The van der Waals surface area contributed by atoms with Crippen LogP contribution < -0.4 is 5.32 Å². The van der Waals surface area contributed by atoms with Crippen LogP contribution in [0.3, 0.4) is 0 Å². The molecular weight excluding hydrogens is 651 g/mol. The van der Waals surface area contributed by atoms with Gasteiger partial charge < -0.3 is 15.5 Å². The Hall–Kier alpha value is -1.39. The van der Waals surface area contributed by atoms with E-state index in [0.29, 0.717) is 6.42 Å². The minimum Gasteiger partial charge on any atom is -0.394 e. The Bertz CT molecular complexity index is 806. The zero-order valence-electron chi connectivity index (χ0n) is 35.8. The van der Waals surface area contributed by atoms with Gasteiger partial charge in [-0.15, -0.1) is 0 Å². The van der Waals surface area contributed by atoms with E-state index in [9.17, 15) is 15.0 Å². The monoisotopic (exact) mass is 744 g/mol. The van der Waals surface area contributed by atoms with Crippen LogP contribution in [0.2, 0.25) is 0 Å². The second-order valence-electron chi connectivity index (χ2n) is 16.2. The molecule has 0 aliphatic heterocycles. The van der Waals surface area contributed by atoms with Crippen LogP contribution in [-0.4, -0.2) is 34.9 Å². The molecule has 53 heavy (non-hydrogen) atoms. The molecule has 0 saturated carbocycles. The first-order chi connectivity index (χ1) is 26.2. The molecule has 0 spiro atoms. The zero-order chi connectivity index (χ0) is 38.6. The van der Waals surface area contributed by atoms with Gasteiger partial charge in [-0.25, -0.2) is 0 Å². The molecule has 1 amide bonds. The Labute approximate surface area is 331 Å². The van der Waals surface area contributed by atoms with Crippen molar-refractivity contribution in [3.63, 3.8) is 0 Å². The minimum absolute atomic E-state index is 0.0776. The van der Waals surface area contributed by atoms with Crippen molar-refractivity contribution in [3.8, 4) is 0 Å². The summed E-state index contributed by atoms with van der Waals surface area (Å²) in [5, 5.41) is 23.0. The van der Waals surface area contributed by atoms with Crippen molar-refractivity contribution in [2.75, 3.05) is 6.61 Å². The van der Waals surface area contributed by atoms with Gasteiger partial charge in [0.2, 0.25) is 5.91 Å². The van der Waals surface area contributed by atoms with Gasteiger partial charge in [-0.1, -0.05) is 237 Å². The van der Waals surface area contributed by atoms with Crippen LogP contribution in [0.5, 0.6) is 0 Å². The molecule has 0 aliphatic rings. The fraction of sp³-hybridized carbons (Fsp3) is 0.857. The van der Waals surface area contributed by atoms with Crippen molar-refractivity contribution in [2.24, 2.45) is 0 Å². The second-order valence-corrected chi connectivity index (χ2v) is 16.2. The van der Waals surface area contributed by atoms with Gasteiger partial charge in [0.25, 0.3) is 0 Å². The predicted octanol–water partition coefficient (Wildman–Crippen LogP) is 15.0. The summed E-state index contributed by atoms with van der Waals surface area (Å²) in [7, 11) is 0. The summed E-state index contributed by atoms with van der Waals surface area (Å²) in [5.74, 6) is -0.0776. The van der Waals surface area contributed by atoms with Crippen LogP contribution in [0.4, 0.5) is 0 Å². The lowest BCUT2D eigenvalue weighted by molar-refractivity contribution is -0.123. The SMILES string of the molecule is CCCCCCCCCCCCCCCCCCCCC/C=C/CC/C=C/CC/C=C/C(O)C(CO)NC(=O)CCCCCCCCCCCCCC. The van der Waals surface area contributed by atoms with E-state index in [2.05, 4.69) is 43.5 Å². The van der Waals surface area contributed by atoms with Gasteiger partial charge >= 0.3 is 0 Å². The highest BCUT2D eigenvalue weighted by atomic mass is 16.3. The summed E-state index contributed by atoms with van der Waals surface area (Å²) >= 11 is 0. The lowest BCUT2D eigenvalue weighted by atomic mass is 10.0. The third-order valence-corrected chi connectivity index (χ3v) is 10.9. The number of unbranched alkanes of at least 4 members (excludes halogenated alkanes) is 32. The van der Waals surface area contributed by atoms with Crippen molar-refractivity contribution in [3.05, 3.63) is 36.5 Å². The van der Waals surface area contributed by atoms with Crippen LogP contribution >= 0.6 is 0 Å². The van der Waals surface area contributed by atoms with Gasteiger partial charge in [-0.3, -0.25) is 4.79 Å². The number of nitrogens with one attached hydrogen (secondary N) is 1. The molecule has 0 aliphatic carbocycles. The molecule has 0 aromatic rings. The molecule has 4 heteroatoms. The highest BCUT2D eigenvalue weighted by Gasteiger charge is 2.17. The van der Waals surface area contributed by atoms with Gasteiger partial charge in [0, 0.05) is 6.42 Å². The summed E-state index contributed by atoms with van der Waals surface area (Å²) in [6.07, 6.45) is 60.0. The van der Waals surface area contributed by atoms with Gasteiger partial charge in [0.05, 0.1) is 18.8 Å². The lowest BCUT2D eigenvalue weighted by Gasteiger charge is -2.19. The van der Waals surface area contributed by atoms with Crippen molar-refractivity contribution in [1.29, 1.82) is 0 Å². The first-order valence-corrected chi connectivity index (χ1v) is 23.7. The second kappa shape index (κ2) is 45.0. The molecule has 0 fully saturated rings. The highest BCUT2D eigenvalue weighted by molar-refractivity contribution is 5.76. The first-order valence-electron chi connectivity index (χ1n) is 23.7. The van der Waals surface area contributed by atoms with Gasteiger partial charge in [-0.05, 0) is 44.9 Å². The first kappa shape index (κ1) is 51.6. The lowest BCUT2D eigenvalue weighted by Crippen LogP contribution is -2.45. The summed E-state index contributed by atoms with van der Waals surface area (Å²) in [6.45, 7) is 4.30. The molecule has 0 rings (SSSR count). The molecule has 3 N–H and O–H groups in total. The molecule has 0 heterocycles. The van der Waals surface area contributed by atoms with E-state index in [4.69, 9.17) is 0 Å². The topological polar surface area (TPSA) is 69.6 Å². The van der Waals surface area contributed by atoms with Crippen LogP contribution in [0.25, 0.3) is 0 Å². The average molecular weight is 744 g/mol. The maximum absolute atomic E-state index is 12.3. The molecule has 0 radical (unpaired) electrons. The third-order valence-electron chi connectivity index (χ3n) is 10.9. The minimum atomic E-state index is -0.867. The Morgan fingerprint density at radius 3 is 1.09 bits per heavy atom. The standard InChI is InChI=1S/C49H93NO3/c1-3-5-7-9-11-13-15-17-18-19-20-21-22-23-24-25-26-27-28-29-30-31-32-33-34-36-38-40-42-44-48(52)47(46-51)50-49(53)45-43-41-39-37-35-16-14-12-10-8-6-4-2/h30-31,34,36,42,44,47-48,51-52H,3-29,32-33,35,37-41,43,45-46H2,1-2H3,(H,50,53)/b31-30+,36-34+,44-42+. The van der Waals surface area contributed by atoms with E-state index in [-0.39, 0.29) is 12.5 Å². The van der Waals surface area contributed by atoms with Gasteiger partial charge in [0.15, 0.2) is 0 Å². The van der Waals surface area contributed by atoms with Crippen LogP contribution in [0.1, 0.15) is 251 Å². The zero-order valence-corrected chi connectivity index (χ0v) is 35.8. The van der Waals surface area contributed by atoms with E-state index in [0.717, 1.165) is 38.5 Å². The van der Waals surface area contributed by atoms with Crippen LogP contribution in [-0.2, 0) is 4.79 Å². The van der Waals surface area contributed by atoms with Crippen molar-refractivity contribution in [2.45, 2.75) is 264 Å². The predicted molar refractivity (Wildman–Crippen MR) is 235 cm³/mol. The molecule has 2 unspecified atom stereocenters. The van der Waals surface area contributed by atoms with Crippen molar-refractivity contribution < 1.29 is 15.0 Å². The maximum Gasteiger partial charge on any atom is 0.220 e. The highest BCUT2D eigenvalue weighted by Crippen LogP contribution is 2.16. The number of amides is 1. The van der Waals surface area contributed by atoms with E-state index in [1.165, 1.54) is 193 Å². The van der Waals surface area contributed by atoms with Crippen LogP contribution in [0.15, 0.2) is 36.5 Å². The molecule has 4 nitrogen and oxygen atoms in total. The Balaban J connectivity index is 3.55. The molecule has 2 atom stereocenters. The summed E-state index contributed by atoms with van der Waals surface area (Å²) in [5.41, 5.74) is 0. The molecule has 0 aromatic carbocycles. The number of aliphatic hydroxyl groups excluding tert-OH is 2. The van der Waals surface area contributed by atoms with Gasteiger partial charge in [-0.2, -0.15) is 0 Å². The summed E-state index contributed by atoms with van der Waals surface area (Å²) < 4.78 is 0. The van der Waals surface area contributed by atoms with Crippen molar-refractivity contribution in [1.82, 2.24) is 5.32 Å². The van der Waals surface area contributed by atoms with E-state index in [1.54, 1.807) is 6.08 Å². The summed E-state index contributed by atoms with van der Waals surface area (Å²) in [6, 6.07) is -0.641. The quantitative estimate of drug-likeness (QED) is 0.0430. The molecular formula is C49H93NO3. The molecule has 0 bridgehead atoms. The van der Waals surface area contributed by atoms with Gasteiger partial charge in [0.1, 0.15) is 0 Å². The Kier molecular flexibility index (Phi) is 43.8. The van der Waals surface area contributed by atoms with E-state index >= 15 is 0 Å².